The monoisotopic (exact) mass is 212 g/mol. The van der Waals surface area contributed by atoms with Gasteiger partial charge in [0.2, 0.25) is 6.17 Å². The van der Waals surface area contributed by atoms with E-state index < -0.39 is 18.1 Å². The maximum Gasteiger partial charge on any atom is 0.343 e. The Kier molecular flexibility index (Phi) is 3.38. The van der Waals surface area contributed by atoms with Gasteiger partial charge in [-0.2, -0.15) is 0 Å². The van der Waals surface area contributed by atoms with E-state index in [-0.39, 0.29) is 11.1 Å². The molecule has 4 nitrogen and oxygen atoms in total. The molecule has 5 heteroatoms. The van der Waals surface area contributed by atoms with Crippen LogP contribution in [0, 0.1) is 0 Å². The highest BCUT2D eigenvalue weighted by atomic mass is 19.1. The quantitative estimate of drug-likeness (QED) is 0.772. The minimum Gasteiger partial charge on any atom is -0.479 e. The Hall–Kier alpha value is -1.91. The number of esters is 1. The summed E-state index contributed by atoms with van der Waals surface area (Å²) in [6.45, 7) is 0. The Morgan fingerprint density at radius 3 is 2.27 bits per heavy atom. The van der Waals surface area contributed by atoms with Crippen molar-refractivity contribution in [1.82, 2.24) is 0 Å². The van der Waals surface area contributed by atoms with Gasteiger partial charge in [-0.05, 0) is 17.7 Å². The van der Waals surface area contributed by atoms with Crippen molar-refractivity contribution in [3.05, 3.63) is 35.4 Å². The summed E-state index contributed by atoms with van der Waals surface area (Å²) in [6.07, 6.45) is -2.07. The lowest BCUT2D eigenvalue weighted by Gasteiger charge is -2.04. The third-order valence-electron chi connectivity index (χ3n) is 1.84. The second-order valence-corrected chi connectivity index (χ2v) is 2.81. The number of halogens is 1. The number of ether oxygens (including phenoxy) is 1. The molecule has 0 bridgehead atoms. The lowest BCUT2D eigenvalue weighted by molar-refractivity contribution is -0.143. The van der Waals surface area contributed by atoms with E-state index in [1.807, 2.05) is 0 Å². The van der Waals surface area contributed by atoms with Crippen molar-refractivity contribution in [2.75, 3.05) is 7.11 Å². The maximum absolute atomic E-state index is 13.0. The number of carbonyl (C=O) groups excluding carboxylic acids is 1. The number of alkyl halides is 1. The van der Waals surface area contributed by atoms with Crippen molar-refractivity contribution < 1.29 is 23.8 Å². The van der Waals surface area contributed by atoms with Gasteiger partial charge in [-0.25, -0.2) is 14.0 Å². The summed E-state index contributed by atoms with van der Waals surface area (Å²) in [4.78, 5) is 21.3. The highest BCUT2D eigenvalue weighted by Gasteiger charge is 2.18. The number of carboxylic acid groups (broad SMARTS) is 1. The number of benzene rings is 1. The smallest absolute Gasteiger partial charge is 0.343 e. The van der Waals surface area contributed by atoms with Crippen LogP contribution in [0.15, 0.2) is 24.3 Å². The summed E-state index contributed by atoms with van der Waals surface area (Å²) < 4.78 is 17.4. The molecular weight excluding hydrogens is 203 g/mol. The molecule has 1 N–H and O–H groups in total. The van der Waals surface area contributed by atoms with Gasteiger partial charge in [-0.1, -0.05) is 12.1 Å². The molecule has 0 radical (unpaired) electrons. The average Bonchev–Trinajstić information content (AvgIpc) is 2.27. The van der Waals surface area contributed by atoms with Gasteiger partial charge in [0.1, 0.15) is 0 Å². The summed E-state index contributed by atoms with van der Waals surface area (Å²) >= 11 is 0. The van der Waals surface area contributed by atoms with Crippen LogP contribution < -0.4 is 0 Å². The molecule has 0 fully saturated rings. The molecule has 1 aromatic rings. The topological polar surface area (TPSA) is 63.6 Å². The molecular formula is C10H9FO4. The van der Waals surface area contributed by atoms with Crippen LogP contribution in [0.2, 0.25) is 0 Å². The zero-order chi connectivity index (χ0) is 11.4. The van der Waals surface area contributed by atoms with Crippen LogP contribution in [0.4, 0.5) is 4.39 Å². The van der Waals surface area contributed by atoms with Crippen molar-refractivity contribution >= 4 is 11.9 Å². The second kappa shape index (κ2) is 4.54. The normalized spacial score (nSPS) is 11.9. The van der Waals surface area contributed by atoms with Crippen LogP contribution in [0.3, 0.4) is 0 Å². The average molecular weight is 212 g/mol. The third kappa shape index (κ3) is 2.52. The van der Waals surface area contributed by atoms with Crippen LogP contribution in [0.5, 0.6) is 0 Å². The highest BCUT2D eigenvalue weighted by molar-refractivity contribution is 5.89. The molecule has 1 aromatic carbocycles. The molecule has 0 saturated heterocycles. The highest BCUT2D eigenvalue weighted by Crippen LogP contribution is 2.18. The summed E-state index contributed by atoms with van der Waals surface area (Å²) in [5.41, 5.74) is 0.244. The lowest BCUT2D eigenvalue weighted by Crippen LogP contribution is -2.07. The van der Waals surface area contributed by atoms with E-state index in [0.29, 0.717) is 0 Å². The first-order chi connectivity index (χ1) is 7.06. The molecule has 0 spiro atoms. The van der Waals surface area contributed by atoms with Gasteiger partial charge in [0.05, 0.1) is 12.7 Å². The number of hydrogen-bond donors (Lipinski definition) is 1. The van der Waals surface area contributed by atoms with E-state index >= 15 is 0 Å². The van der Waals surface area contributed by atoms with Crippen molar-refractivity contribution in [3.63, 3.8) is 0 Å². The molecule has 1 rings (SSSR count). The first-order valence-corrected chi connectivity index (χ1v) is 4.11. The molecule has 1 atom stereocenters. The van der Waals surface area contributed by atoms with Gasteiger partial charge in [-0.3, -0.25) is 0 Å². The van der Waals surface area contributed by atoms with E-state index in [9.17, 15) is 14.0 Å². The van der Waals surface area contributed by atoms with Gasteiger partial charge in [-0.15, -0.1) is 0 Å². The van der Waals surface area contributed by atoms with E-state index in [4.69, 9.17) is 5.11 Å². The maximum atomic E-state index is 13.0. The number of hydrogen-bond acceptors (Lipinski definition) is 3. The van der Waals surface area contributed by atoms with Crippen molar-refractivity contribution in [2.24, 2.45) is 0 Å². The van der Waals surface area contributed by atoms with Gasteiger partial charge < -0.3 is 9.84 Å². The predicted molar refractivity (Wildman–Crippen MR) is 49.3 cm³/mol. The SMILES string of the molecule is COC(=O)c1ccc(C(F)C(=O)O)cc1. The summed E-state index contributed by atoms with van der Waals surface area (Å²) in [7, 11) is 1.23. The van der Waals surface area contributed by atoms with Crippen LogP contribution in [0.1, 0.15) is 22.1 Å². The molecule has 0 aliphatic heterocycles. The van der Waals surface area contributed by atoms with Crippen LogP contribution in [-0.4, -0.2) is 24.2 Å². The first-order valence-electron chi connectivity index (χ1n) is 4.11. The minimum atomic E-state index is -2.07. The number of carboxylic acids is 1. The summed E-state index contributed by atoms with van der Waals surface area (Å²) in [5, 5.41) is 8.39. The van der Waals surface area contributed by atoms with Crippen LogP contribution >= 0.6 is 0 Å². The second-order valence-electron chi connectivity index (χ2n) is 2.81. The van der Waals surface area contributed by atoms with Crippen LogP contribution in [0.25, 0.3) is 0 Å². The molecule has 0 aliphatic rings. The Balaban J connectivity index is 2.90. The lowest BCUT2D eigenvalue weighted by atomic mass is 10.1. The van der Waals surface area contributed by atoms with E-state index in [2.05, 4.69) is 4.74 Å². The molecule has 0 amide bonds. The first kappa shape index (κ1) is 11.2. The number of rotatable bonds is 3. The summed E-state index contributed by atoms with van der Waals surface area (Å²) in [5.74, 6) is -2.10. The fourth-order valence-electron chi connectivity index (χ4n) is 1.05. The summed E-state index contributed by atoms with van der Waals surface area (Å²) in [6, 6.07) is 5.11. The van der Waals surface area contributed by atoms with Crippen LogP contribution in [-0.2, 0) is 9.53 Å². The Morgan fingerprint density at radius 2 is 1.87 bits per heavy atom. The number of methoxy groups -OCH3 is 1. The number of aliphatic carboxylic acids is 1. The van der Waals surface area contributed by atoms with Crippen molar-refractivity contribution in [1.29, 1.82) is 0 Å². The Bertz CT molecular complexity index is 372. The predicted octanol–water partition coefficient (Wildman–Crippen LogP) is 1.57. The molecule has 0 heterocycles. The minimum absolute atomic E-state index is 0.00449. The Morgan fingerprint density at radius 1 is 1.33 bits per heavy atom. The fraction of sp³-hybridized carbons (Fsp3) is 0.200. The zero-order valence-electron chi connectivity index (χ0n) is 7.94. The van der Waals surface area contributed by atoms with Crippen molar-refractivity contribution in [2.45, 2.75) is 6.17 Å². The van der Waals surface area contributed by atoms with E-state index in [1.165, 1.54) is 31.4 Å². The zero-order valence-corrected chi connectivity index (χ0v) is 7.94. The molecule has 1 unspecified atom stereocenters. The molecule has 15 heavy (non-hydrogen) atoms. The fourth-order valence-corrected chi connectivity index (χ4v) is 1.05. The van der Waals surface area contributed by atoms with E-state index in [0.717, 1.165) is 0 Å². The van der Waals surface area contributed by atoms with Crippen molar-refractivity contribution in [3.8, 4) is 0 Å². The standard InChI is InChI=1S/C10H9FO4/c1-15-10(14)7-4-2-6(3-5-7)8(11)9(12)13/h2-5,8H,1H3,(H,12,13). The van der Waals surface area contributed by atoms with Gasteiger partial charge >= 0.3 is 11.9 Å². The molecule has 0 aliphatic carbocycles. The number of carbonyl (C=O) groups is 2. The molecule has 0 aromatic heterocycles. The molecule has 80 valence electrons. The third-order valence-corrected chi connectivity index (χ3v) is 1.84. The molecule has 0 saturated carbocycles. The van der Waals surface area contributed by atoms with Gasteiger partial charge in [0.15, 0.2) is 0 Å². The Labute approximate surface area is 85.3 Å². The largest absolute Gasteiger partial charge is 0.479 e. The van der Waals surface area contributed by atoms with Gasteiger partial charge in [0, 0.05) is 0 Å². The van der Waals surface area contributed by atoms with Gasteiger partial charge in [0.25, 0.3) is 0 Å². The van der Waals surface area contributed by atoms with E-state index in [1.54, 1.807) is 0 Å².